The minimum Gasteiger partial charge on any atom is -0.384 e. The SMILES string of the molecule is C1=CNc2ccccc2C=C1.Cc1ccccc1Nc1ccc(C(=O)C2=c3ccc4c(c3CCC2)C(O)C=c2c(Cl)cccc2=4)cn1. The summed E-state index contributed by atoms with van der Waals surface area (Å²) >= 11 is 6.41. The summed E-state index contributed by atoms with van der Waals surface area (Å²) in [6.45, 7) is 2.04. The summed E-state index contributed by atoms with van der Waals surface area (Å²) in [6.07, 6.45) is 13.1. The summed E-state index contributed by atoms with van der Waals surface area (Å²) < 4.78 is 0. The molecule has 5 aromatic rings. The van der Waals surface area contributed by atoms with Crippen molar-refractivity contribution >= 4 is 52.3 Å². The summed E-state index contributed by atoms with van der Waals surface area (Å²) in [5.41, 5.74) is 7.81. The number of Topliss-reactive ketones (excluding diaryl/α,β-unsaturated/α-hetero) is 1. The molecule has 0 bridgehead atoms. The highest BCUT2D eigenvalue weighted by molar-refractivity contribution is 6.30. The number of halogens is 1. The Labute approximate surface area is 278 Å². The second-order valence-corrected chi connectivity index (χ2v) is 12.3. The van der Waals surface area contributed by atoms with Crippen LogP contribution < -0.4 is 21.1 Å². The van der Waals surface area contributed by atoms with E-state index in [0.29, 0.717) is 22.8 Å². The lowest BCUT2D eigenvalue weighted by atomic mass is 9.83. The molecule has 2 heterocycles. The molecular weight excluding hydrogens is 602 g/mol. The molecule has 1 atom stereocenters. The first-order valence-corrected chi connectivity index (χ1v) is 16.2. The number of para-hydroxylation sites is 2. The summed E-state index contributed by atoms with van der Waals surface area (Å²) in [5.74, 6) is 0.684. The number of benzene rings is 4. The van der Waals surface area contributed by atoms with Gasteiger partial charge in [0.15, 0.2) is 5.78 Å². The van der Waals surface area contributed by atoms with E-state index in [1.54, 1.807) is 6.20 Å². The molecule has 2 aliphatic carbocycles. The van der Waals surface area contributed by atoms with E-state index in [9.17, 15) is 9.90 Å². The van der Waals surface area contributed by atoms with Crippen molar-refractivity contribution in [1.82, 2.24) is 4.98 Å². The highest BCUT2D eigenvalue weighted by Gasteiger charge is 2.24. The van der Waals surface area contributed by atoms with E-state index in [4.69, 9.17) is 11.6 Å². The van der Waals surface area contributed by atoms with Crippen LogP contribution in [0.25, 0.3) is 17.7 Å². The topological polar surface area (TPSA) is 74.2 Å². The van der Waals surface area contributed by atoms with E-state index in [-0.39, 0.29) is 5.78 Å². The van der Waals surface area contributed by atoms with Gasteiger partial charge in [0.25, 0.3) is 0 Å². The van der Waals surface area contributed by atoms with Crippen LogP contribution in [-0.4, -0.2) is 15.9 Å². The van der Waals surface area contributed by atoms with Crippen LogP contribution in [0.4, 0.5) is 17.2 Å². The van der Waals surface area contributed by atoms with Gasteiger partial charge in [-0.1, -0.05) is 84.4 Å². The number of aliphatic hydroxyl groups is 1. The number of allylic oxidation sites excluding steroid dienone is 2. The zero-order chi connectivity index (χ0) is 32.3. The lowest BCUT2D eigenvalue weighted by Gasteiger charge is -2.22. The van der Waals surface area contributed by atoms with Gasteiger partial charge in [-0.3, -0.25) is 4.79 Å². The molecule has 6 heteroatoms. The van der Waals surface area contributed by atoms with Crippen LogP contribution in [0.3, 0.4) is 0 Å². The first-order chi connectivity index (χ1) is 23.0. The number of hydrogen-bond acceptors (Lipinski definition) is 5. The molecular formula is C41H34ClN3O2. The maximum absolute atomic E-state index is 13.6. The molecule has 8 rings (SSSR count). The Morgan fingerprint density at radius 3 is 2.57 bits per heavy atom. The van der Waals surface area contributed by atoms with Gasteiger partial charge in [0.1, 0.15) is 5.82 Å². The molecule has 47 heavy (non-hydrogen) atoms. The number of ketones is 1. The van der Waals surface area contributed by atoms with Gasteiger partial charge >= 0.3 is 0 Å². The first kappa shape index (κ1) is 30.4. The molecule has 0 radical (unpaired) electrons. The average molecular weight is 636 g/mol. The number of aliphatic hydroxyl groups excluding tert-OH is 1. The standard InChI is InChI=1S/C31H25ClN2O2.C10H9N/c1-18-6-2-3-11-27(18)34-29-15-12-19(17-33-29)31(36)24-9-4-8-22-21(24)13-14-23-20-7-5-10-26(32)25(20)16-28(35)30(22)23;1-2-7-10-9(5-1)6-3-4-8-11-10/h2-3,5-7,10-17,28,35H,4,8-9H2,1H3,(H,33,34);1-8,11H. The van der Waals surface area contributed by atoms with Crippen molar-refractivity contribution in [1.29, 1.82) is 0 Å². The van der Waals surface area contributed by atoms with Crippen molar-refractivity contribution < 1.29 is 9.90 Å². The van der Waals surface area contributed by atoms with Crippen LogP contribution in [0.15, 0.2) is 116 Å². The molecule has 3 aliphatic rings. The quantitative estimate of drug-likeness (QED) is 0.175. The smallest absolute Gasteiger partial charge is 0.191 e. The number of nitrogens with one attached hydrogen (secondary N) is 2. The number of pyridine rings is 1. The number of carbonyl (C=O) groups excluding carboxylic acids is 1. The third-order valence-corrected chi connectivity index (χ3v) is 9.22. The molecule has 0 spiro atoms. The van der Waals surface area contributed by atoms with Crippen LogP contribution in [0.1, 0.15) is 51.6 Å². The zero-order valence-electron chi connectivity index (χ0n) is 26.0. The fourth-order valence-corrected chi connectivity index (χ4v) is 6.78. The largest absolute Gasteiger partial charge is 0.384 e. The van der Waals surface area contributed by atoms with Crippen molar-refractivity contribution in [2.75, 3.05) is 10.6 Å². The van der Waals surface area contributed by atoms with E-state index < -0.39 is 6.10 Å². The summed E-state index contributed by atoms with van der Waals surface area (Å²) in [4.78, 5) is 18.1. The number of anilines is 3. The highest BCUT2D eigenvalue weighted by Crippen LogP contribution is 2.28. The minimum absolute atomic E-state index is 0.0106. The molecule has 0 amide bonds. The summed E-state index contributed by atoms with van der Waals surface area (Å²) in [6, 6.07) is 29.8. The molecule has 0 saturated heterocycles. The molecule has 3 N–H and O–H groups in total. The normalized spacial score (nSPS) is 15.3. The Hall–Kier alpha value is -5.23. The van der Waals surface area contributed by atoms with E-state index in [0.717, 1.165) is 67.4 Å². The number of nitrogens with zero attached hydrogens (tertiary/aromatic N) is 1. The van der Waals surface area contributed by atoms with Gasteiger partial charge in [-0.15, -0.1) is 0 Å². The van der Waals surface area contributed by atoms with E-state index in [1.165, 1.54) is 5.56 Å². The minimum atomic E-state index is -0.759. The number of carbonyl (C=O) groups is 1. The Bertz CT molecular complexity index is 2290. The van der Waals surface area contributed by atoms with Gasteiger partial charge in [0.2, 0.25) is 0 Å². The number of fused-ring (bicyclic) bond motifs is 5. The summed E-state index contributed by atoms with van der Waals surface area (Å²) in [7, 11) is 0. The Balaban J connectivity index is 0.000000269. The van der Waals surface area contributed by atoms with Gasteiger partial charge in [0, 0.05) is 39.9 Å². The molecule has 232 valence electrons. The van der Waals surface area contributed by atoms with Crippen LogP contribution in [0.2, 0.25) is 5.02 Å². The molecule has 5 nitrogen and oxygen atoms in total. The van der Waals surface area contributed by atoms with Crippen molar-refractivity contribution in [3.8, 4) is 0 Å². The van der Waals surface area contributed by atoms with Crippen molar-refractivity contribution in [2.45, 2.75) is 32.3 Å². The molecule has 1 aliphatic heterocycles. The van der Waals surface area contributed by atoms with Gasteiger partial charge in [-0.25, -0.2) is 4.98 Å². The van der Waals surface area contributed by atoms with E-state index in [1.807, 2.05) is 110 Å². The predicted molar refractivity (Wildman–Crippen MR) is 192 cm³/mol. The molecule has 1 unspecified atom stereocenters. The van der Waals surface area contributed by atoms with E-state index >= 15 is 0 Å². The van der Waals surface area contributed by atoms with Crippen LogP contribution in [0.5, 0.6) is 0 Å². The average Bonchev–Trinajstić information content (AvgIpc) is 3.35. The number of rotatable bonds is 4. The highest BCUT2D eigenvalue weighted by atomic mass is 35.5. The summed E-state index contributed by atoms with van der Waals surface area (Å²) in [5, 5.41) is 22.0. The monoisotopic (exact) mass is 635 g/mol. The van der Waals surface area contributed by atoms with Crippen molar-refractivity contribution in [3.05, 3.63) is 169 Å². The lowest BCUT2D eigenvalue weighted by molar-refractivity contribution is 0.105. The number of hydrogen-bond donors (Lipinski definition) is 3. The lowest BCUT2D eigenvalue weighted by Crippen LogP contribution is -2.27. The second kappa shape index (κ2) is 13.2. The molecule has 4 aromatic carbocycles. The Kier molecular flexibility index (Phi) is 8.58. The molecule has 0 saturated carbocycles. The van der Waals surface area contributed by atoms with Crippen LogP contribution >= 0.6 is 11.6 Å². The van der Waals surface area contributed by atoms with Gasteiger partial charge in [-0.2, -0.15) is 0 Å². The first-order valence-electron chi connectivity index (χ1n) is 15.8. The molecule has 0 fully saturated rings. The number of aryl methyl sites for hydroxylation is 1. The fraction of sp³-hybridized carbons (Fsp3) is 0.122. The van der Waals surface area contributed by atoms with E-state index in [2.05, 4.69) is 33.8 Å². The molecule has 1 aromatic heterocycles. The number of aromatic nitrogens is 1. The van der Waals surface area contributed by atoms with Gasteiger partial charge < -0.3 is 15.7 Å². The van der Waals surface area contributed by atoms with Gasteiger partial charge in [0.05, 0.1) is 6.10 Å². The Morgan fingerprint density at radius 1 is 0.894 bits per heavy atom. The van der Waals surface area contributed by atoms with Crippen molar-refractivity contribution in [3.63, 3.8) is 0 Å². The van der Waals surface area contributed by atoms with Crippen LogP contribution in [0, 0.1) is 17.4 Å². The Morgan fingerprint density at radius 2 is 1.72 bits per heavy atom. The second-order valence-electron chi connectivity index (χ2n) is 11.8. The van der Waals surface area contributed by atoms with Crippen LogP contribution in [-0.2, 0) is 6.42 Å². The van der Waals surface area contributed by atoms with Gasteiger partial charge in [-0.05, 0) is 112 Å². The maximum atomic E-state index is 13.6. The maximum Gasteiger partial charge on any atom is 0.191 e. The zero-order valence-corrected chi connectivity index (χ0v) is 26.8. The fourth-order valence-electron chi connectivity index (χ4n) is 6.54. The van der Waals surface area contributed by atoms with Crippen molar-refractivity contribution in [2.24, 2.45) is 0 Å². The third kappa shape index (κ3) is 6.16. The third-order valence-electron chi connectivity index (χ3n) is 8.89. The predicted octanol–water partition coefficient (Wildman–Crippen LogP) is 7.91.